The molecule has 0 saturated carbocycles. The molecule has 0 radical (unpaired) electrons. The number of halogens is 3. The summed E-state index contributed by atoms with van der Waals surface area (Å²) in [6.45, 7) is 1.66. The van der Waals surface area contributed by atoms with Gasteiger partial charge in [-0.15, -0.1) is 0 Å². The molecule has 43 heavy (non-hydrogen) atoms. The molecule has 2 aromatic carbocycles. The lowest BCUT2D eigenvalue weighted by Gasteiger charge is -2.19. The Hall–Kier alpha value is -4.85. The molecule has 0 aliphatic rings. The number of rotatable bonds is 9. The van der Waals surface area contributed by atoms with Crippen molar-refractivity contribution in [1.82, 2.24) is 19.7 Å². The molecule has 0 aliphatic heterocycles. The lowest BCUT2D eigenvalue weighted by atomic mass is 10.0. The van der Waals surface area contributed by atoms with E-state index in [1.807, 2.05) is 35.9 Å². The maximum atomic E-state index is 13.5. The fourth-order valence-corrected chi connectivity index (χ4v) is 5.18. The number of alkyl halides is 2. The maximum absolute atomic E-state index is 13.5. The third-order valence-corrected chi connectivity index (χ3v) is 7.76. The minimum absolute atomic E-state index is 0.0511. The number of anilines is 3. The van der Waals surface area contributed by atoms with Crippen molar-refractivity contribution >= 4 is 38.2 Å². The fourth-order valence-electron chi connectivity index (χ4n) is 4.62. The quantitative estimate of drug-likeness (QED) is 0.221. The van der Waals surface area contributed by atoms with Crippen molar-refractivity contribution in [3.05, 3.63) is 78.4 Å². The van der Waals surface area contributed by atoms with E-state index in [-0.39, 0.29) is 17.3 Å². The van der Waals surface area contributed by atoms with Crippen LogP contribution in [0.1, 0.15) is 18.6 Å². The first-order chi connectivity index (χ1) is 20.4. The summed E-state index contributed by atoms with van der Waals surface area (Å²) < 4.78 is 73.7. The minimum Gasteiger partial charge on any atom is -0.484 e. The Morgan fingerprint density at radius 1 is 1.02 bits per heavy atom. The zero-order valence-corrected chi connectivity index (χ0v) is 24.4. The van der Waals surface area contributed by atoms with E-state index in [1.165, 1.54) is 42.5 Å². The first-order valence-corrected chi connectivity index (χ1v) is 14.5. The van der Waals surface area contributed by atoms with Gasteiger partial charge in [-0.25, -0.2) is 22.8 Å². The van der Waals surface area contributed by atoms with Crippen molar-refractivity contribution in [2.45, 2.75) is 18.8 Å². The molecule has 0 unspecified atom stereocenters. The van der Waals surface area contributed by atoms with Crippen molar-refractivity contribution in [3.63, 3.8) is 0 Å². The summed E-state index contributed by atoms with van der Waals surface area (Å²) in [5, 5.41) is 5.23. The largest absolute Gasteiger partial charge is 0.484 e. The lowest BCUT2D eigenvalue weighted by molar-refractivity contribution is 0.228. The van der Waals surface area contributed by atoms with Gasteiger partial charge in [0.05, 0.1) is 16.6 Å². The summed E-state index contributed by atoms with van der Waals surface area (Å²) in [7, 11) is 0.504. The summed E-state index contributed by atoms with van der Waals surface area (Å²) >= 11 is 0. The third-order valence-electron chi connectivity index (χ3n) is 6.79. The number of nitrogens with zero attached hydrogens (tertiary/aromatic N) is 5. The number of sulfonamides is 1. The van der Waals surface area contributed by atoms with Gasteiger partial charge >= 0.3 is 5.76 Å². The molecule has 0 fully saturated rings. The molecule has 0 spiro atoms. The first kappa shape index (κ1) is 29.6. The van der Waals surface area contributed by atoms with Crippen molar-refractivity contribution in [2.24, 2.45) is 7.05 Å². The van der Waals surface area contributed by atoms with Gasteiger partial charge in [-0.1, -0.05) is 18.2 Å². The van der Waals surface area contributed by atoms with Crippen LogP contribution in [0.2, 0.25) is 0 Å². The molecule has 0 aliphatic carbocycles. The van der Waals surface area contributed by atoms with Crippen LogP contribution in [-0.2, 0) is 17.1 Å². The third kappa shape index (κ3) is 5.91. The van der Waals surface area contributed by atoms with E-state index >= 15 is 0 Å². The molecule has 224 valence electrons. The van der Waals surface area contributed by atoms with Gasteiger partial charge in [0.1, 0.15) is 35.0 Å². The molecule has 3 N–H and O–H groups in total. The SMILES string of the molecule is C[C@H](Oc1cc(-c2nn(C)c3c(-c4ccnc(N(C)C)c4)cnc(N)c23)ccc1NS(=O)(=O)C(F)F)c1ccc(F)cc1. The number of ether oxygens (including phenoxy) is 1. The predicted octanol–water partition coefficient (Wildman–Crippen LogP) is 5.59. The monoisotopic (exact) mass is 611 g/mol. The zero-order chi connectivity index (χ0) is 31.1. The van der Waals surface area contributed by atoms with E-state index < -0.39 is 27.7 Å². The number of nitrogens with one attached hydrogen (secondary N) is 1. The molecule has 1 atom stereocenters. The summed E-state index contributed by atoms with van der Waals surface area (Å²) in [5.74, 6) is -3.22. The molecule has 0 bridgehead atoms. The van der Waals surface area contributed by atoms with Crippen LogP contribution in [0.15, 0.2) is 67.0 Å². The van der Waals surface area contributed by atoms with Crippen LogP contribution < -0.4 is 20.1 Å². The molecule has 3 aromatic heterocycles. The molecular weight excluding hydrogens is 583 g/mol. The van der Waals surface area contributed by atoms with Crippen molar-refractivity contribution in [3.8, 4) is 28.1 Å². The summed E-state index contributed by atoms with van der Waals surface area (Å²) in [4.78, 5) is 10.7. The first-order valence-electron chi connectivity index (χ1n) is 13.0. The van der Waals surface area contributed by atoms with Crippen LogP contribution in [0.4, 0.5) is 30.5 Å². The van der Waals surface area contributed by atoms with Gasteiger partial charge in [0.15, 0.2) is 0 Å². The number of pyridine rings is 2. The second kappa shape index (κ2) is 11.4. The van der Waals surface area contributed by atoms with E-state index in [1.54, 1.807) is 31.0 Å². The summed E-state index contributed by atoms with van der Waals surface area (Å²) in [6, 6.07) is 13.6. The Labute approximate surface area is 246 Å². The second-order valence-electron chi connectivity index (χ2n) is 9.98. The smallest absolute Gasteiger partial charge is 0.355 e. The highest BCUT2D eigenvalue weighted by Crippen LogP contribution is 2.40. The molecule has 14 heteroatoms. The highest BCUT2D eigenvalue weighted by molar-refractivity contribution is 7.93. The number of nitrogen functional groups attached to an aromatic ring is 1. The second-order valence-corrected chi connectivity index (χ2v) is 11.6. The summed E-state index contributed by atoms with van der Waals surface area (Å²) in [6.07, 6.45) is 2.64. The number of aryl methyl sites for hydroxylation is 1. The van der Waals surface area contributed by atoms with Gasteiger partial charge in [-0.3, -0.25) is 9.40 Å². The van der Waals surface area contributed by atoms with Crippen LogP contribution in [0.5, 0.6) is 5.75 Å². The van der Waals surface area contributed by atoms with E-state index in [0.29, 0.717) is 27.7 Å². The Morgan fingerprint density at radius 2 is 1.74 bits per heavy atom. The minimum atomic E-state index is -5.01. The van der Waals surface area contributed by atoms with Crippen LogP contribution in [-0.4, -0.2) is 48.0 Å². The Balaban J connectivity index is 1.65. The van der Waals surface area contributed by atoms with Crippen LogP contribution in [0.25, 0.3) is 33.3 Å². The molecule has 5 rings (SSSR count). The van der Waals surface area contributed by atoms with Crippen molar-refractivity contribution < 1.29 is 26.3 Å². The van der Waals surface area contributed by atoms with Crippen molar-refractivity contribution in [1.29, 1.82) is 0 Å². The number of aromatic nitrogens is 4. The van der Waals surface area contributed by atoms with Gasteiger partial charge in [0.2, 0.25) is 0 Å². The van der Waals surface area contributed by atoms with Gasteiger partial charge in [0, 0.05) is 44.7 Å². The van der Waals surface area contributed by atoms with E-state index in [9.17, 15) is 21.6 Å². The number of hydrogen-bond donors (Lipinski definition) is 2. The van der Waals surface area contributed by atoms with Crippen LogP contribution in [0.3, 0.4) is 0 Å². The molecule has 0 amide bonds. The van der Waals surface area contributed by atoms with Crippen LogP contribution in [0, 0.1) is 5.82 Å². The Kier molecular flexibility index (Phi) is 7.88. The molecular formula is C29H28F3N7O3S. The number of benzene rings is 2. The molecule has 3 heterocycles. The van der Waals surface area contributed by atoms with Crippen LogP contribution >= 0.6 is 0 Å². The number of nitrogens with two attached hydrogens (primary N) is 1. The highest BCUT2D eigenvalue weighted by atomic mass is 32.2. The Morgan fingerprint density at radius 3 is 2.42 bits per heavy atom. The van der Waals surface area contributed by atoms with E-state index in [2.05, 4.69) is 9.97 Å². The average Bonchev–Trinajstić information content (AvgIpc) is 3.32. The zero-order valence-electron chi connectivity index (χ0n) is 23.6. The van der Waals surface area contributed by atoms with E-state index in [0.717, 1.165) is 16.9 Å². The normalized spacial score (nSPS) is 12.5. The Bertz CT molecular complexity index is 1910. The van der Waals surface area contributed by atoms with Gasteiger partial charge in [0.25, 0.3) is 10.0 Å². The maximum Gasteiger partial charge on any atom is 0.355 e. The molecule has 0 saturated heterocycles. The lowest BCUT2D eigenvalue weighted by Crippen LogP contribution is -2.21. The molecule has 10 nitrogen and oxygen atoms in total. The summed E-state index contributed by atoms with van der Waals surface area (Å²) in [5.41, 5.74) is 9.86. The van der Waals surface area contributed by atoms with E-state index in [4.69, 9.17) is 15.6 Å². The standard InChI is InChI=1S/C29H28F3N7O3S/c1-16(17-5-8-20(30)9-6-17)42-23-13-19(7-10-22(23)37-43(40,41)29(31)32)26-25-27(39(4)36-26)21(15-35-28(25)33)18-11-12-34-24(14-18)38(2)3/h5-16,29,37H,1-4H3,(H2,33,35)/t16-/m0/s1. The van der Waals surface area contributed by atoms with Gasteiger partial charge < -0.3 is 15.4 Å². The van der Waals surface area contributed by atoms with Crippen molar-refractivity contribution in [2.75, 3.05) is 29.5 Å². The predicted molar refractivity (Wildman–Crippen MR) is 160 cm³/mol. The highest BCUT2D eigenvalue weighted by Gasteiger charge is 2.27. The number of fused-ring (bicyclic) bond motifs is 1. The average molecular weight is 612 g/mol. The number of hydrogen-bond acceptors (Lipinski definition) is 8. The van der Waals surface area contributed by atoms with Gasteiger partial charge in [-0.2, -0.15) is 13.9 Å². The fraction of sp³-hybridized carbons (Fsp3) is 0.207. The molecule has 5 aromatic rings. The topological polar surface area (TPSA) is 128 Å². The van der Waals surface area contributed by atoms with Gasteiger partial charge in [-0.05, 0) is 54.4 Å².